The average Bonchev–Trinajstić information content (AvgIpc) is 2.81. The van der Waals surface area contributed by atoms with Gasteiger partial charge in [0.2, 0.25) is 5.95 Å². The van der Waals surface area contributed by atoms with Crippen LogP contribution in [0.3, 0.4) is 0 Å². The van der Waals surface area contributed by atoms with Crippen molar-refractivity contribution in [2.75, 3.05) is 50.1 Å². The molecule has 0 amide bonds. The Hall–Kier alpha value is -3.83. The monoisotopic (exact) mass is 428 g/mol. The number of hydrogen-bond acceptors (Lipinski definition) is 7. The molecule has 0 atom stereocenters. The van der Waals surface area contributed by atoms with Gasteiger partial charge in [-0.05, 0) is 25.3 Å². The van der Waals surface area contributed by atoms with E-state index in [0.717, 1.165) is 43.3 Å². The third-order valence-corrected chi connectivity index (χ3v) is 5.85. The van der Waals surface area contributed by atoms with Crippen LogP contribution in [-0.4, -0.2) is 59.3 Å². The van der Waals surface area contributed by atoms with Crippen molar-refractivity contribution in [1.82, 2.24) is 19.4 Å². The van der Waals surface area contributed by atoms with E-state index >= 15 is 0 Å². The highest BCUT2D eigenvalue weighted by Crippen LogP contribution is 2.33. The Morgan fingerprint density at radius 2 is 2.00 bits per heavy atom. The number of anilines is 3. The largest absolute Gasteiger partial charge is 0.487 e. The lowest BCUT2D eigenvalue weighted by molar-refractivity contribution is 0.309. The summed E-state index contributed by atoms with van der Waals surface area (Å²) in [6.07, 6.45) is 11.1. The summed E-state index contributed by atoms with van der Waals surface area (Å²) in [6.45, 7) is 4.69. The molecule has 4 bridgehead atoms. The van der Waals surface area contributed by atoms with Crippen LogP contribution >= 0.6 is 0 Å². The normalized spacial score (nSPS) is 17.4. The molecule has 4 heterocycles. The van der Waals surface area contributed by atoms with Crippen molar-refractivity contribution >= 4 is 28.4 Å². The molecule has 2 aromatic heterocycles. The highest BCUT2D eigenvalue weighted by Gasteiger charge is 2.19. The number of fused-ring (bicyclic) bond motifs is 3. The molecule has 2 aliphatic heterocycles. The number of rotatable bonds is 1. The van der Waals surface area contributed by atoms with Crippen LogP contribution in [0.15, 0.2) is 47.4 Å². The molecule has 5 rings (SSSR count). The zero-order valence-electron chi connectivity index (χ0n) is 17.9. The maximum atomic E-state index is 12.7. The van der Waals surface area contributed by atoms with Crippen LogP contribution in [0, 0.1) is 12.3 Å². The molecule has 0 unspecified atom stereocenters. The molecule has 8 nitrogen and oxygen atoms in total. The van der Waals surface area contributed by atoms with Gasteiger partial charge in [-0.25, -0.2) is 4.98 Å². The van der Waals surface area contributed by atoms with Crippen molar-refractivity contribution in [3.63, 3.8) is 0 Å². The van der Waals surface area contributed by atoms with E-state index in [1.165, 1.54) is 6.07 Å². The number of hydrogen-bond donors (Lipinski definition) is 1. The van der Waals surface area contributed by atoms with Gasteiger partial charge in [0.15, 0.2) is 0 Å². The number of terminal acetylenes is 1. The summed E-state index contributed by atoms with van der Waals surface area (Å²) >= 11 is 0. The second-order valence-corrected chi connectivity index (χ2v) is 7.96. The molecule has 162 valence electrons. The summed E-state index contributed by atoms with van der Waals surface area (Å²) in [5.74, 6) is 3.75. The predicted molar refractivity (Wildman–Crippen MR) is 126 cm³/mol. The van der Waals surface area contributed by atoms with Gasteiger partial charge in [-0.3, -0.25) is 9.36 Å². The summed E-state index contributed by atoms with van der Waals surface area (Å²) in [5, 5.41) is 3.91. The summed E-state index contributed by atoms with van der Waals surface area (Å²) in [5.41, 5.74) is 2.67. The van der Waals surface area contributed by atoms with Crippen molar-refractivity contribution in [2.45, 2.75) is 6.54 Å². The number of allylic oxidation sites excluding steroid dienone is 1. The second kappa shape index (κ2) is 8.36. The number of benzene rings is 1. The first-order valence-electron chi connectivity index (χ1n) is 10.6. The fourth-order valence-corrected chi connectivity index (χ4v) is 4.04. The molecule has 0 radical (unpaired) electrons. The number of nitrogens with zero attached hydrogens (tertiary/aromatic N) is 5. The summed E-state index contributed by atoms with van der Waals surface area (Å²) in [6, 6.07) is 7.48. The molecule has 1 fully saturated rings. The number of pyridine rings is 1. The van der Waals surface area contributed by atoms with E-state index in [-0.39, 0.29) is 5.56 Å². The Morgan fingerprint density at radius 3 is 2.81 bits per heavy atom. The lowest BCUT2D eigenvalue weighted by Gasteiger charge is -2.35. The van der Waals surface area contributed by atoms with Gasteiger partial charge in [-0.1, -0.05) is 12.0 Å². The number of aromatic nitrogens is 3. The summed E-state index contributed by atoms with van der Waals surface area (Å²) in [7, 11) is 2.14. The first kappa shape index (κ1) is 20.1. The van der Waals surface area contributed by atoms with Gasteiger partial charge < -0.3 is 19.9 Å². The van der Waals surface area contributed by atoms with Crippen LogP contribution in [-0.2, 0) is 6.54 Å². The highest BCUT2D eigenvalue weighted by atomic mass is 16.5. The van der Waals surface area contributed by atoms with Gasteiger partial charge in [-0.15, -0.1) is 6.42 Å². The van der Waals surface area contributed by atoms with Crippen molar-refractivity contribution in [2.24, 2.45) is 0 Å². The van der Waals surface area contributed by atoms with Gasteiger partial charge in [-0.2, -0.15) is 4.98 Å². The van der Waals surface area contributed by atoms with Gasteiger partial charge in [0.25, 0.3) is 5.56 Å². The van der Waals surface area contributed by atoms with E-state index in [4.69, 9.17) is 11.2 Å². The standard InChI is InChI=1S/C24H24N6O2/c1-3-17-14-22(31)30-8-4-5-13-32-21-15-18(26-24-25-16-19(17)23(30)27-24)6-7-20(21)29-11-9-28(2)10-12-29/h1,4-7,14-16H,8-13H2,2H3,(H,25,26,27)/b5-4-. The maximum Gasteiger partial charge on any atom is 0.253 e. The second-order valence-electron chi connectivity index (χ2n) is 7.96. The first-order chi connectivity index (χ1) is 15.6. The fraction of sp³-hybridized carbons (Fsp3) is 0.292. The number of ether oxygens (including phenoxy) is 1. The van der Waals surface area contributed by atoms with Crippen molar-refractivity contribution in [1.29, 1.82) is 0 Å². The molecule has 8 heteroatoms. The van der Waals surface area contributed by atoms with Crippen LogP contribution in [0.4, 0.5) is 17.3 Å². The minimum absolute atomic E-state index is 0.201. The van der Waals surface area contributed by atoms with Gasteiger partial charge in [0, 0.05) is 62.3 Å². The average molecular weight is 428 g/mol. The van der Waals surface area contributed by atoms with Crippen molar-refractivity contribution in [3.05, 3.63) is 58.5 Å². The smallest absolute Gasteiger partial charge is 0.253 e. The van der Waals surface area contributed by atoms with Crippen LogP contribution in [0.5, 0.6) is 5.75 Å². The molecule has 0 spiro atoms. The van der Waals surface area contributed by atoms with Crippen LogP contribution in [0.25, 0.3) is 11.0 Å². The molecule has 2 aliphatic rings. The van der Waals surface area contributed by atoms with Crippen molar-refractivity contribution < 1.29 is 4.74 Å². The van der Waals surface area contributed by atoms with Gasteiger partial charge in [0.05, 0.1) is 11.1 Å². The Morgan fingerprint density at radius 1 is 1.16 bits per heavy atom. The van der Waals surface area contributed by atoms with Gasteiger partial charge in [0.1, 0.15) is 18.0 Å². The lowest BCUT2D eigenvalue weighted by atomic mass is 10.2. The molecule has 1 saturated heterocycles. The third-order valence-electron chi connectivity index (χ3n) is 5.85. The number of likely N-dealkylation sites (N-methyl/N-ethyl adjacent to an activating group) is 1. The summed E-state index contributed by atoms with van der Waals surface area (Å²) < 4.78 is 7.72. The van der Waals surface area contributed by atoms with Crippen LogP contribution in [0.1, 0.15) is 5.56 Å². The number of nitrogens with one attached hydrogen (secondary N) is 1. The molecule has 1 N–H and O–H groups in total. The van der Waals surface area contributed by atoms with Crippen LogP contribution < -0.4 is 20.5 Å². The van der Waals surface area contributed by atoms with Crippen LogP contribution in [0.2, 0.25) is 0 Å². The zero-order chi connectivity index (χ0) is 22.1. The Kier molecular flexibility index (Phi) is 5.25. The topological polar surface area (TPSA) is 75.5 Å². The Bertz CT molecular complexity index is 1300. The zero-order valence-corrected chi connectivity index (χ0v) is 17.9. The quantitative estimate of drug-likeness (QED) is 0.471. The minimum Gasteiger partial charge on any atom is -0.487 e. The van der Waals surface area contributed by atoms with Gasteiger partial charge >= 0.3 is 0 Å². The molecule has 0 aliphatic carbocycles. The van der Waals surface area contributed by atoms with E-state index in [9.17, 15) is 4.79 Å². The van der Waals surface area contributed by atoms with E-state index in [2.05, 4.69) is 44.1 Å². The molecular formula is C24H24N6O2. The minimum atomic E-state index is -0.201. The fourth-order valence-electron chi connectivity index (χ4n) is 4.04. The van der Waals surface area contributed by atoms with E-state index < -0.39 is 0 Å². The lowest BCUT2D eigenvalue weighted by Crippen LogP contribution is -2.44. The highest BCUT2D eigenvalue weighted by molar-refractivity contribution is 5.82. The Balaban J connectivity index is 1.57. The predicted octanol–water partition coefficient (Wildman–Crippen LogP) is 2.22. The summed E-state index contributed by atoms with van der Waals surface area (Å²) in [4.78, 5) is 26.4. The molecule has 1 aromatic carbocycles. The molecule has 32 heavy (non-hydrogen) atoms. The van der Waals surface area contributed by atoms with Crippen molar-refractivity contribution in [3.8, 4) is 18.1 Å². The SMILES string of the molecule is C#Cc1cc(=O)n2c3nc(ncc13)Nc1ccc(N3CCN(C)CC3)c(c1)OC/C=C\C2. The van der Waals surface area contributed by atoms with E-state index in [0.29, 0.717) is 35.7 Å². The number of piperazine rings is 1. The first-order valence-corrected chi connectivity index (χ1v) is 10.6. The van der Waals surface area contributed by atoms with E-state index in [1.807, 2.05) is 24.3 Å². The maximum absolute atomic E-state index is 12.7. The molecule has 0 saturated carbocycles. The van der Waals surface area contributed by atoms with E-state index in [1.54, 1.807) is 10.8 Å². The third kappa shape index (κ3) is 3.79. The molecule has 3 aromatic rings. The Labute approximate surface area is 186 Å². The molecular weight excluding hydrogens is 404 g/mol.